The molecule has 1 amide bonds. The smallest absolute Gasteiger partial charge is 0.366 e. The average molecular weight is 395 g/mol. The number of nitrogens with zero attached hydrogens (tertiary/aromatic N) is 1. The topological polar surface area (TPSA) is 48.0 Å². The number of halogens is 3. The zero-order chi connectivity index (χ0) is 20.8. The predicted molar refractivity (Wildman–Crippen MR) is 107 cm³/mol. The van der Waals surface area contributed by atoms with Crippen LogP contribution >= 0.6 is 0 Å². The third kappa shape index (κ3) is 3.35. The van der Waals surface area contributed by atoms with E-state index in [-0.39, 0.29) is 0 Å². The van der Waals surface area contributed by atoms with Gasteiger partial charge >= 0.3 is 6.18 Å². The van der Waals surface area contributed by atoms with Crippen LogP contribution in [0.3, 0.4) is 0 Å². The highest BCUT2D eigenvalue weighted by Gasteiger charge is 2.30. The van der Waals surface area contributed by atoms with Crippen LogP contribution in [0.4, 0.5) is 13.2 Å². The summed E-state index contributed by atoms with van der Waals surface area (Å²) in [6, 6.07) is 17.6. The molecule has 4 aromatic rings. The second kappa shape index (κ2) is 6.95. The van der Waals surface area contributed by atoms with E-state index in [1.54, 1.807) is 12.1 Å². The van der Waals surface area contributed by atoms with Crippen LogP contribution in [0.15, 0.2) is 54.6 Å². The van der Waals surface area contributed by atoms with Gasteiger partial charge in [-0.25, -0.2) is 0 Å². The Hall–Kier alpha value is -3.28. The first-order valence-electron chi connectivity index (χ1n) is 9.21. The number of rotatable bonds is 4. The number of hydrogen-bond donors (Lipinski definition) is 1. The van der Waals surface area contributed by atoms with E-state index in [0.29, 0.717) is 17.5 Å². The van der Waals surface area contributed by atoms with Gasteiger partial charge in [-0.05, 0) is 53.9 Å². The zero-order valence-electron chi connectivity index (χ0n) is 15.7. The predicted octanol–water partition coefficient (Wildman–Crippen LogP) is 5.32. The van der Waals surface area contributed by atoms with Crippen LogP contribution in [0.25, 0.3) is 21.8 Å². The second-order valence-electron chi connectivity index (χ2n) is 6.97. The second-order valence-corrected chi connectivity index (χ2v) is 6.97. The van der Waals surface area contributed by atoms with Crippen molar-refractivity contribution in [2.45, 2.75) is 26.1 Å². The average Bonchev–Trinajstić information content (AvgIpc) is 3.00. The van der Waals surface area contributed by atoms with Gasteiger partial charge in [-0.1, -0.05) is 31.2 Å². The van der Waals surface area contributed by atoms with Crippen molar-refractivity contribution in [2.24, 2.45) is 5.73 Å². The number of hydrogen-bond acceptors (Lipinski definition) is 1. The van der Waals surface area contributed by atoms with Crippen LogP contribution in [-0.4, -0.2) is 10.5 Å². The standard InChI is InChI=1S/C23H18F3N2O/c1-2-14-8-11-17-20(12-14)28(19-5-3-4-18(21(17)19)22(27)29)13-15-6-9-16(10-7-15)23(24,25)26/h3-10,12H,2,13H2,1H3,(H2,27,29). The molecule has 2 N–H and O–H groups in total. The fourth-order valence-electron chi connectivity index (χ4n) is 3.66. The largest absolute Gasteiger partial charge is 0.416 e. The minimum Gasteiger partial charge on any atom is -0.366 e. The Bertz CT molecular complexity index is 1220. The molecule has 0 atom stereocenters. The molecule has 0 bridgehead atoms. The number of nitrogens with two attached hydrogens (primary N) is 1. The number of amides is 1. The molecule has 1 radical (unpaired) electrons. The van der Waals surface area contributed by atoms with Crippen LogP contribution < -0.4 is 5.73 Å². The minimum absolute atomic E-state index is 0.362. The Morgan fingerprint density at radius 2 is 1.79 bits per heavy atom. The summed E-state index contributed by atoms with van der Waals surface area (Å²) in [7, 11) is 0. The van der Waals surface area contributed by atoms with Crippen molar-refractivity contribution < 1.29 is 18.0 Å². The summed E-state index contributed by atoms with van der Waals surface area (Å²) in [6.07, 6.45) is -3.55. The fourth-order valence-corrected chi connectivity index (χ4v) is 3.66. The van der Waals surface area contributed by atoms with E-state index in [2.05, 4.69) is 6.07 Å². The summed E-state index contributed by atoms with van der Waals surface area (Å²) >= 11 is 0. The summed E-state index contributed by atoms with van der Waals surface area (Å²) in [5, 5.41) is 1.49. The number of primary amides is 1. The van der Waals surface area contributed by atoms with Gasteiger partial charge in [0, 0.05) is 22.9 Å². The maximum Gasteiger partial charge on any atom is 0.416 e. The molecular formula is C23H18F3N2O. The maximum atomic E-state index is 12.9. The Morgan fingerprint density at radius 1 is 1.07 bits per heavy atom. The fraction of sp³-hybridized carbons (Fsp3) is 0.174. The van der Waals surface area contributed by atoms with E-state index in [1.807, 2.05) is 29.7 Å². The molecule has 3 aromatic carbocycles. The molecule has 0 aliphatic carbocycles. The molecule has 1 heterocycles. The van der Waals surface area contributed by atoms with Crippen molar-refractivity contribution in [1.29, 1.82) is 0 Å². The third-order valence-electron chi connectivity index (χ3n) is 5.15. The first-order chi connectivity index (χ1) is 13.8. The lowest BCUT2D eigenvalue weighted by atomic mass is 10.0. The molecule has 3 nitrogen and oxygen atoms in total. The van der Waals surface area contributed by atoms with E-state index in [1.165, 1.54) is 12.1 Å². The summed E-state index contributed by atoms with van der Waals surface area (Å²) in [6.45, 7) is 2.40. The van der Waals surface area contributed by atoms with E-state index in [9.17, 15) is 18.0 Å². The lowest BCUT2D eigenvalue weighted by Crippen LogP contribution is -2.11. The first kappa shape index (κ1) is 19.1. The van der Waals surface area contributed by atoms with Gasteiger partial charge in [-0.3, -0.25) is 4.79 Å². The van der Waals surface area contributed by atoms with Crippen molar-refractivity contribution in [3.05, 3.63) is 82.9 Å². The Morgan fingerprint density at radius 3 is 2.41 bits per heavy atom. The number of alkyl halides is 3. The Balaban J connectivity index is 1.92. The van der Waals surface area contributed by atoms with Crippen LogP contribution in [-0.2, 0) is 19.1 Å². The summed E-state index contributed by atoms with van der Waals surface area (Å²) in [5.41, 5.74) is 8.76. The van der Waals surface area contributed by atoms with Crippen molar-refractivity contribution in [3.63, 3.8) is 0 Å². The molecule has 147 valence electrons. The molecule has 29 heavy (non-hydrogen) atoms. The first-order valence-corrected chi connectivity index (χ1v) is 9.21. The van der Waals surface area contributed by atoms with E-state index in [0.717, 1.165) is 46.1 Å². The highest BCUT2D eigenvalue weighted by atomic mass is 19.4. The minimum atomic E-state index is -4.37. The van der Waals surface area contributed by atoms with Crippen LogP contribution in [0.2, 0.25) is 0 Å². The summed E-state index contributed by atoms with van der Waals surface area (Å²) in [5.74, 6) is -0.530. The van der Waals surface area contributed by atoms with E-state index < -0.39 is 17.6 Å². The molecule has 4 rings (SSSR count). The molecule has 6 heteroatoms. The normalized spacial score (nSPS) is 12.0. The number of carbonyl (C=O) groups is 1. The van der Waals surface area contributed by atoms with Gasteiger partial charge in [0.05, 0.1) is 16.6 Å². The SMILES string of the molecule is CCc1c[c]c2c3c(C(N)=O)cccc3n(Cc3ccc(C(F)(F)F)cc3)c2c1. The Kier molecular flexibility index (Phi) is 4.57. The van der Waals surface area contributed by atoms with Gasteiger partial charge in [-0.15, -0.1) is 0 Å². The molecule has 0 saturated carbocycles. The molecule has 1 aromatic heterocycles. The van der Waals surface area contributed by atoms with Crippen molar-refractivity contribution in [3.8, 4) is 0 Å². The summed E-state index contributed by atoms with van der Waals surface area (Å²) in [4.78, 5) is 12.0. The molecule has 0 aliphatic heterocycles. The Labute approximate surface area is 165 Å². The van der Waals surface area contributed by atoms with Gasteiger partial charge in [0.15, 0.2) is 0 Å². The van der Waals surface area contributed by atoms with E-state index in [4.69, 9.17) is 5.73 Å². The molecule has 0 unspecified atom stereocenters. The quantitative estimate of drug-likeness (QED) is 0.499. The summed E-state index contributed by atoms with van der Waals surface area (Å²) < 4.78 is 40.6. The van der Waals surface area contributed by atoms with Gasteiger partial charge in [0.25, 0.3) is 0 Å². The number of aryl methyl sites for hydroxylation is 1. The van der Waals surface area contributed by atoms with Crippen LogP contribution in [0.1, 0.15) is 34.0 Å². The van der Waals surface area contributed by atoms with Crippen molar-refractivity contribution in [2.75, 3.05) is 0 Å². The highest BCUT2D eigenvalue weighted by Crippen LogP contribution is 2.33. The van der Waals surface area contributed by atoms with Gasteiger partial charge in [-0.2, -0.15) is 13.2 Å². The molecule has 0 spiro atoms. The number of carbonyl (C=O) groups excluding carboxylic acids is 1. The highest BCUT2D eigenvalue weighted by molar-refractivity contribution is 6.17. The van der Waals surface area contributed by atoms with Crippen molar-refractivity contribution in [1.82, 2.24) is 4.57 Å². The lowest BCUT2D eigenvalue weighted by molar-refractivity contribution is -0.137. The molecule has 0 saturated heterocycles. The maximum absolute atomic E-state index is 12.9. The van der Waals surface area contributed by atoms with E-state index >= 15 is 0 Å². The van der Waals surface area contributed by atoms with Crippen LogP contribution in [0, 0.1) is 6.07 Å². The third-order valence-corrected chi connectivity index (χ3v) is 5.15. The van der Waals surface area contributed by atoms with Gasteiger partial charge in [0.1, 0.15) is 0 Å². The molecular weight excluding hydrogens is 377 g/mol. The number of benzene rings is 3. The number of fused-ring (bicyclic) bond motifs is 3. The lowest BCUT2D eigenvalue weighted by Gasteiger charge is -2.11. The van der Waals surface area contributed by atoms with Gasteiger partial charge in [0.2, 0.25) is 5.91 Å². The monoisotopic (exact) mass is 395 g/mol. The van der Waals surface area contributed by atoms with Crippen molar-refractivity contribution >= 4 is 27.7 Å². The molecule has 0 aliphatic rings. The zero-order valence-corrected chi connectivity index (χ0v) is 15.7. The molecule has 0 fully saturated rings. The van der Waals surface area contributed by atoms with Crippen LogP contribution in [0.5, 0.6) is 0 Å². The van der Waals surface area contributed by atoms with Gasteiger partial charge < -0.3 is 10.3 Å². The number of aromatic nitrogens is 1.